The van der Waals surface area contributed by atoms with E-state index in [1.807, 2.05) is 0 Å². The van der Waals surface area contributed by atoms with Crippen LogP contribution >= 0.6 is 11.6 Å². The molecule has 0 spiro atoms. The molecule has 0 bridgehead atoms. The van der Waals surface area contributed by atoms with Crippen molar-refractivity contribution in [1.82, 2.24) is 0 Å². The van der Waals surface area contributed by atoms with Crippen LogP contribution in [-0.4, -0.2) is 4.87 Å². The topological polar surface area (TPSA) is 0 Å². The van der Waals surface area contributed by atoms with Gasteiger partial charge in [-0.1, -0.05) is 17.9 Å². The van der Waals surface area contributed by atoms with E-state index < -0.39 is 4.87 Å². The Kier molecular flexibility index (Phi) is 2.95. The minimum absolute atomic E-state index is 0.279. The zero-order valence-corrected chi connectivity index (χ0v) is 8.32. The fraction of sp³-hybridized carbons (Fsp3) is 0.273. The molecule has 0 saturated heterocycles. The van der Waals surface area contributed by atoms with Crippen molar-refractivity contribution in [1.29, 1.82) is 0 Å². The van der Waals surface area contributed by atoms with Gasteiger partial charge in [0.05, 0.1) is 4.87 Å². The predicted molar refractivity (Wildman–Crippen MR) is 53.2 cm³/mol. The van der Waals surface area contributed by atoms with Crippen molar-refractivity contribution < 1.29 is 4.39 Å². The fourth-order valence-corrected chi connectivity index (χ4v) is 0.834. The zero-order valence-electron chi connectivity index (χ0n) is 7.57. The summed E-state index contributed by atoms with van der Waals surface area (Å²) >= 11 is 5.86. The van der Waals surface area contributed by atoms with Crippen molar-refractivity contribution in [3.63, 3.8) is 0 Å². The average Bonchev–Trinajstić information content (AvgIpc) is 2.00. The SMILES string of the molecule is CC(C)(Cl)C#Cc1cccc(F)c1. The molecule has 0 radical (unpaired) electrons. The van der Waals surface area contributed by atoms with Crippen LogP contribution in [0.3, 0.4) is 0 Å². The van der Waals surface area contributed by atoms with Gasteiger partial charge >= 0.3 is 0 Å². The second kappa shape index (κ2) is 3.81. The van der Waals surface area contributed by atoms with Gasteiger partial charge in [0.25, 0.3) is 0 Å². The predicted octanol–water partition coefficient (Wildman–Crippen LogP) is 3.19. The molecule has 0 atom stereocenters. The normalized spacial score (nSPS) is 10.5. The molecule has 2 heteroatoms. The number of benzene rings is 1. The summed E-state index contributed by atoms with van der Waals surface area (Å²) in [5, 5.41) is 0. The summed E-state index contributed by atoms with van der Waals surface area (Å²) in [5.41, 5.74) is 0.647. The molecule has 0 saturated carbocycles. The molecular formula is C11H10ClF. The van der Waals surface area contributed by atoms with Crippen molar-refractivity contribution in [2.45, 2.75) is 18.7 Å². The van der Waals surface area contributed by atoms with Crippen LogP contribution in [0.4, 0.5) is 4.39 Å². The third-order valence-corrected chi connectivity index (χ3v) is 1.42. The van der Waals surface area contributed by atoms with Gasteiger partial charge < -0.3 is 0 Å². The van der Waals surface area contributed by atoms with Gasteiger partial charge in [0.15, 0.2) is 0 Å². The van der Waals surface area contributed by atoms with Gasteiger partial charge in [0.2, 0.25) is 0 Å². The Labute approximate surface area is 82.7 Å². The standard InChI is InChI=1S/C11H10ClF/c1-11(2,12)7-6-9-4-3-5-10(13)8-9/h3-5,8H,1-2H3. The first kappa shape index (κ1) is 10.1. The van der Waals surface area contributed by atoms with Crippen molar-refractivity contribution in [2.75, 3.05) is 0 Å². The largest absolute Gasteiger partial charge is 0.207 e. The highest BCUT2D eigenvalue weighted by molar-refractivity contribution is 6.25. The molecule has 0 amide bonds. The lowest BCUT2D eigenvalue weighted by Crippen LogP contribution is -2.04. The fourth-order valence-electron chi connectivity index (χ4n) is 0.787. The van der Waals surface area contributed by atoms with Crippen LogP contribution in [0.5, 0.6) is 0 Å². The summed E-state index contributed by atoms with van der Waals surface area (Å²) in [6.07, 6.45) is 0. The molecule has 0 unspecified atom stereocenters. The molecule has 0 heterocycles. The summed E-state index contributed by atoms with van der Waals surface area (Å²) in [7, 11) is 0. The maximum atomic E-state index is 12.7. The van der Waals surface area contributed by atoms with Crippen LogP contribution in [0.2, 0.25) is 0 Å². The molecule has 0 N–H and O–H groups in total. The van der Waals surface area contributed by atoms with Gasteiger partial charge in [0, 0.05) is 5.56 Å². The van der Waals surface area contributed by atoms with Crippen LogP contribution in [-0.2, 0) is 0 Å². The number of hydrogen-bond acceptors (Lipinski definition) is 0. The molecule has 0 nitrogen and oxygen atoms in total. The first-order chi connectivity index (χ1) is 5.97. The monoisotopic (exact) mass is 196 g/mol. The quantitative estimate of drug-likeness (QED) is 0.442. The van der Waals surface area contributed by atoms with E-state index in [9.17, 15) is 4.39 Å². The van der Waals surface area contributed by atoms with E-state index >= 15 is 0 Å². The number of alkyl halides is 1. The zero-order chi connectivity index (χ0) is 9.90. The Morgan fingerprint density at radius 2 is 2.08 bits per heavy atom. The maximum absolute atomic E-state index is 12.7. The Bertz CT molecular complexity index is 352. The minimum atomic E-state index is -0.563. The number of halogens is 2. The van der Waals surface area contributed by atoms with E-state index in [0.717, 1.165) is 0 Å². The summed E-state index contributed by atoms with van der Waals surface area (Å²) in [4.78, 5) is -0.563. The highest BCUT2D eigenvalue weighted by atomic mass is 35.5. The van der Waals surface area contributed by atoms with Crippen LogP contribution in [0.1, 0.15) is 19.4 Å². The first-order valence-corrected chi connectivity index (χ1v) is 4.33. The highest BCUT2D eigenvalue weighted by Gasteiger charge is 2.06. The van der Waals surface area contributed by atoms with Gasteiger partial charge in [-0.05, 0) is 32.0 Å². The van der Waals surface area contributed by atoms with E-state index in [1.165, 1.54) is 12.1 Å². The van der Waals surface area contributed by atoms with Gasteiger partial charge in [0.1, 0.15) is 5.82 Å². The summed E-state index contributed by atoms with van der Waals surface area (Å²) < 4.78 is 12.7. The second-order valence-electron chi connectivity index (χ2n) is 3.23. The van der Waals surface area contributed by atoms with Gasteiger partial charge in [-0.15, -0.1) is 11.6 Å². The summed E-state index contributed by atoms with van der Waals surface area (Å²) in [6, 6.07) is 6.14. The van der Waals surface area contributed by atoms with Crippen molar-refractivity contribution in [3.8, 4) is 11.8 Å². The van der Waals surface area contributed by atoms with Crippen LogP contribution in [0.25, 0.3) is 0 Å². The molecule has 0 aromatic heterocycles. The Morgan fingerprint density at radius 3 is 2.62 bits per heavy atom. The number of rotatable bonds is 0. The van der Waals surface area contributed by atoms with Gasteiger partial charge in [-0.25, -0.2) is 4.39 Å². The Morgan fingerprint density at radius 1 is 1.38 bits per heavy atom. The van der Waals surface area contributed by atoms with Gasteiger partial charge in [-0.3, -0.25) is 0 Å². The van der Waals surface area contributed by atoms with Crippen molar-refractivity contribution in [3.05, 3.63) is 35.6 Å². The molecule has 0 aliphatic carbocycles. The summed E-state index contributed by atoms with van der Waals surface area (Å²) in [6.45, 7) is 3.59. The Hall–Kier alpha value is -1.00. The lowest BCUT2D eigenvalue weighted by molar-refractivity contribution is 0.627. The highest BCUT2D eigenvalue weighted by Crippen LogP contribution is 2.10. The molecule has 68 valence electrons. The molecule has 0 fully saturated rings. The lowest BCUT2D eigenvalue weighted by Gasteiger charge is -2.03. The van der Waals surface area contributed by atoms with E-state index in [2.05, 4.69) is 11.8 Å². The molecule has 1 aromatic rings. The maximum Gasteiger partial charge on any atom is 0.124 e. The van der Waals surface area contributed by atoms with Crippen molar-refractivity contribution >= 4 is 11.6 Å². The third kappa shape index (κ3) is 3.96. The molecule has 1 aromatic carbocycles. The van der Waals surface area contributed by atoms with E-state index in [-0.39, 0.29) is 5.82 Å². The Balaban J connectivity index is 2.90. The molecule has 13 heavy (non-hydrogen) atoms. The van der Waals surface area contributed by atoms with E-state index in [1.54, 1.807) is 26.0 Å². The van der Waals surface area contributed by atoms with Gasteiger partial charge in [-0.2, -0.15) is 0 Å². The van der Waals surface area contributed by atoms with E-state index in [0.29, 0.717) is 5.56 Å². The van der Waals surface area contributed by atoms with E-state index in [4.69, 9.17) is 11.6 Å². The smallest absolute Gasteiger partial charge is 0.124 e. The van der Waals surface area contributed by atoms with Crippen LogP contribution in [0, 0.1) is 17.7 Å². The first-order valence-electron chi connectivity index (χ1n) is 3.95. The molecule has 0 aliphatic rings. The molecular weight excluding hydrogens is 187 g/mol. The average molecular weight is 197 g/mol. The third-order valence-electron chi connectivity index (χ3n) is 1.33. The summed E-state index contributed by atoms with van der Waals surface area (Å²) in [5.74, 6) is 5.34. The lowest BCUT2D eigenvalue weighted by atomic mass is 10.1. The van der Waals surface area contributed by atoms with Crippen molar-refractivity contribution in [2.24, 2.45) is 0 Å². The van der Waals surface area contributed by atoms with Crippen LogP contribution in [0.15, 0.2) is 24.3 Å². The minimum Gasteiger partial charge on any atom is -0.207 e. The molecule has 0 aliphatic heterocycles. The van der Waals surface area contributed by atoms with Crippen LogP contribution < -0.4 is 0 Å². The second-order valence-corrected chi connectivity index (χ2v) is 4.18. The number of hydrogen-bond donors (Lipinski definition) is 0. The molecule has 1 rings (SSSR count).